The van der Waals surface area contributed by atoms with E-state index in [1.165, 1.54) is 9.75 Å². The van der Waals surface area contributed by atoms with Crippen LogP contribution in [0.2, 0.25) is 0 Å². The summed E-state index contributed by atoms with van der Waals surface area (Å²) < 4.78 is 0. The molecule has 0 aliphatic rings. The van der Waals surface area contributed by atoms with Crippen molar-refractivity contribution in [2.45, 2.75) is 13.5 Å². The maximum absolute atomic E-state index is 11.9. The summed E-state index contributed by atoms with van der Waals surface area (Å²) in [5.41, 5.74) is 1.68. The fourth-order valence-corrected chi connectivity index (χ4v) is 2.62. The lowest BCUT2D eigenvalue weighted by Gasteiger charge is -2.11. The van der Waals surface area contributed by atoms with Gasteiger partial charge < -0.3 is 10.2 Å². The smallest absolute Gasteiger partial charge is 0.253 e. The molecule has 0 saturated carbocycles. The first-order chi connectivity index (χ1) is 9.06. The second kappa shape index (κ2) is 5.89. The zero-order valence-electron chi connectivity index (χ0n) is 11.4. The van der Waals surface area contributed by atoms with E-state index >= 15 is 0 Å². The minimum Gasteiger partial charge on any atom is -0.380 e. The predicted octanol–water partition coefficient (Wildman–Crippen LogP) is 3.37. The molecule has 1 N–H and O–H groups in total. The average Bonchev–Trinajstić information content (AvgIpc) is 2.81. The number of nitrogens with one attached hydrogen (secondary N) is 1. The first-order valence-electron chi connectivity index (χ1n) is 6.17. The largest absolute Gasteiger partial charge is 0.380 e. The molecule has 19 heavy (non-hydrogen) atoms. The number of hydrogen-bond donors (Lipinski definition) is 1. The van der Waals surface area contributed by atoms with Crippen LogP contribution in [0.25, 0.3) is 0 Å². The van der Waals surface area contributed by atoms with Crippen LogP contribution in [0.15, 0.2) is 36.4 Å². The SMILES string of the molecule is Cc1ccc(CNc2cccc(C(=O)N(C)C)c2)s1. The van der Waals surface area contributed by atoms with Gasteiger partial charge in [-0.3, -0.25) is 4.79 Å². The quantitative estimate of drug-likeness (QED) is 0.927. The van der Waals surface area contributed by atoms with Crippen molar-refractivity contribution in [2.24, 2.45) is 0 Å². The number of nitrogens with zero attached hydrogens (tertiary/aromatic N) is 1. The zero-order valence-corrected chi connectivity index (χ0v) is 12.3. The Kier molecular flexibility index (Phi) is 4.22. The topological polar surface area (TPSA) is 32.3 Å². The highest BCUT2D eigenvalue weighted by Gasteiger charge is 2.08. The summed E-state index contributed by atoms with van der Waals surface area (Å²) in [6, 6.07) is 11.9. The van der Waals surface area contributed by atoms with E-state index in [0.29, 0.717) is 5.56 Å². The second-order valence-electron chi connectivity index (χ2n) is 4.65. The first kappa shape index (κ1) is 13.6. The number of carbonyl (C=O) groups is 1. The number of benzene rings is 1. The Hall–Kier alpha value is -1.81. The molecule has 0 unspecified atom stereocenters. The van der Waals surface area contributed by atoms with Crippen molar-refractivity contribution in [1.29, 1.82) is 0 Å². The molecule has 0 bridgehead atoms. The van der Waals surface area contributed by atoms with Crippen molar-refractivity contribution in [2.75, 3.05) is 19.4 Å². The van der Waals surface area contributed by atoms with Crippen LogP contribution in [0.4, 0.5) is 5.69 Å². The minimum atomic E-state index is 0.0237. The third-order valence-electron chi connectivity index (χ3n) is 2.78. The number of rotatable bonds is 4. The van der Waals surface area contributed by atoms with Crippen LogP contribution in [-0.4, -0.2) is 24.9 Å². The van der Waals surface area contributed by atoms with Gasteiger partial charge in [-0.2, -0.15) is 0 Å². The Labute approximate surface area is 117 Å². The molecule has 0 fully saturated rings. The number of thiophene rings is 1. The predicted molar refractivity (Wildman–Crippen MR) is 80.8 cm³/mol. The molecule has 2 aromatic rings. The van der Waals surface area contributed by atoms with Crippen LogP contribution in [0, 0.1) is 6.92 Å². The van der Waals surface area contributed by atoms with E-state index in [-0.39, 0.29) is 5.91 Å². The van der Waals surface area contributed by atoms with E-state index in [2.05, 4.69) is 24.4 Å². The minimum absolute atomic E-state index is 0.0237. The van der Waals surface area contributed by atoms with Gasteiger partial charge in [-0.05, 0) is 37.3 Å². The second-order valence-corrected chi connectivity index (χ2v) is 6.02. The normalized spacial score (nSPS) is 10.3. The number of amides is 1. The lowest BCUT2D eigenvalue weighted by Crippen LogP contribution is -2.21. The van der Waals surface area contributed by atoms with Crippen molar-refractivity contribution >= 4 is 22.9 Å². The van der Waals surface area contributed by atoms with Crippen LogP contribution in [0.1, 0.15) is 20.1 Å². The van der Waals surface area contributed by atoms with Gasteiger partial charge in [0.2, 0.25) is 0 Å². The molecule has 1 amide bonds. The lowest BCUT2D eigenvalue weighted by molar-refractivity contribution is 0.0827. The van der Waals surface area contributed by atoms with Gasteiger partial charge in [-0.15, -0.1) is 11.3 Å². The Morgan fingerprint density at radius 3 is 2.68 bits per heavy atom. The van der Waals surface area contributed by atoms with Gasteiger partial charge in [0.05, 0.1) is 0 Å². The number of aryl methyl sites for hydroxylation is 1. The standard InChI is InChI=1S/C15H18N2OS/c1-11-7-8-14(19-11)10-16-13-6-4-5-12(9-13)15(18)17(2)3/h4-9,16H,10H2,1-3H3. The van der Waals surface area contributed by atoms with Crippen molar-refractivity contribution in [3.63, 3.8) is 0 Å². The Morgan fingerprint density at radius 2 is 2.05 bits per heavy atom. The molecule has 0 radical (unpaired) electrons. The van der Waals surface area contributed by atoms with Crippen LogP contribution < -0.4 is 5.32 Å². The molecular formula is C15H18N2OS. The highest BCUT2D eigenvalue weighted by atomic mass is 32.1. The highest BCUT2D eigenvalue weighted by molar-refractivity contribution is 7.11. The third kappa shape index (κ3) is 3.58. The number of hydrogen-bond acceptors (Lipinski definition) is 3. The summed E-state index contributed by atoms with van der Waals surface area (Å²) in [5, 5.41) is 3.35. The Bertz CT molecular complexity index is 575. The Morgan fingerprint density at radius 1 is 1.26 bits per heavy atom. The van der Waals surface area contributed by atoms with Gasteiger partial charge in [0, 0.05) is 41.6 Å². The first-order valence-corrected chi connectivity index (χ1v) is 6.99. The molecule has 1 aromatic heterocycles. The molecule has 0 aliphatic heterocycles. The summed E-state index contributed by atoms with van der Waals surface area (Å²) in [6.07, 6.45) is 0. The van der Waals surface area contributed by atoms with Gasteiger partial charge in [0.1, 0.15) is 0 Å². The number of anilines is 1. The molecule has 1 aromatic carbocycles. The van der Waals surface area contributed by atoms with Gasteiger partial charge in [-0.1, -0.05) is 6.07 Å². The van der Waals surface area contributed by atoms with E-state index < -0.39 is 0 Å². The van der Waals surface area contributed by atoms with Gasteiger partial charge >= 0.3 is 0 Å². The molecule has 2 rings (SSSR count). The van der Waals surface area contributed by atoms with Crippen molar-refractivity contribution in [1.82, 2.24) is 4.90 Å². The molecule has 0 atom stereocenters. The van der Waals surface area contributed by atoms with Crippen LogP contribution in [0.5, 0.6) is 0 Å². The van der Waals surface area contributed by atoms with Gasteiger partial charge in [-0.25, -0.2) is 0 Å². The van der Waals surface area contributed by atoms with Gasteiger partial charge in [0.25, 0.3) is 5.91 Å². The Balaban J connectivity index is 2.05. The third-order valence-corrected chi connectivity index (χ3v) is 3.78. The van der Waals surface area contributed by atoms with Crippen molar-refractivity contribution in [3.05, 3.63) is 51.7 Å². The van der Waals surface area contributed by atoms with E-state index in [4.69, 9.17) is 0 Å². The molecule has 100 valence electrons. The van der Waals surface area contributed by atoms with E-state index in [9.17, 15) is 4.79 Å². The fraction of sp³-hybridized carbons (Fsp3) is 0.267. The van der Waals surface area contributed by atoms with Crippen LogP contribution in [0.3, 0.4) is 0 Å². The molecule has 0 aliphatic carbocycles. The zero-order chi connectivity index (χ0) is 13.8. The summed E-state index contributed by atoms with van der Waals surface area (Å²) >= 11 is 1.78. The maximum Gasteiger partial charge on any atom is 0.253 e. The molecular weight excluding hydrogens is 256 g/mol. The summed E-state index contributed by atoms with van der Waals surface area (Å²) in [4.78, 5) is 16.1. The summed E-state index contributed by atoms with van der Waals surface area (Å²) in [6.45, 7) is 2.89. The van der Waals surface area contributed by atoms with E-state index in [1.54, 1.807) is 30.3 Å². The molecule has 1 heterocycles. The lowest BCUT2D eigenvalue weighted by atomic mass is 10.2. The number of carbonyl (C=O) groups excluding carboxylic acids is 1. The van der Waals surface area contributed by atoms with E-state index in [0.717, 1.165) is 12.2 Å². The summed E-state index contributed by atoms with van der Waals surface area (Å²) in [5.74, 6) is 0.0237. The van der Waals surface area contributed by atoms with Crippen molar-refractivity contribution < 1.29 is 4.79 Å². The van der Waals surface area contributed by atoms with Crippen LogP contribution >= 0.6 is 11.3 Å². The molecule has 3 nitrogen and oxygen atoms in total. The summed E-state index contributed by atoms with van der Waals surface area (Å²) in [7, 11) is 3.52. The molecule has 4 heteroatoms. The average molecular weight is 274 g/mol. The highest BCUT2D eigenvalue weighted by Crippen LogP contribution is 2.18. The van der Waals surface area contributed by atoms with Gasteiger partial charge in [0.15, 0.2) is 0 Å². The monoisotopic (exact) mass is 274 g/mol. The fourth-order valence-electron chi connectivity index (χ4n) is 1.79. The van der Waals surface area contributed by atoms with Crippen molar-refractivity contribution in [3.8, 4) is 0 Å². The maximum atomic E-state index is 11.9. The molecule has 0 saturated heterocycles. The van der Waals surface area contributed by atoms with E-state index in [1.807, 2.05) is 24.3 Å². The molecule has 0 spiro atoms. The van der Waals surface area contributed by atoms with Crippen LogP contribution in [-0.2, 0) is 6.54 Å².